The summed E-state index contributed by atoms with van der Waals surface area (Å²) >= 11 is 0. The van der Waals surface area contributed by atoms with E-state index in [-0.39, 0.29) is 29.5 Å². The normalized spacial score (nSPS) is 18.2. The molecule has 1 aromatic heterocycles. The Labute approximate surface area is 162 Å². The van der Waals surface area contributed by atoms with Crippen LogP contribution in [-0.4, -0.2) is 41.4 Å². The Morgan fingerprint density at radius 3 is 2.54 bits per heavy atom. The fourth-order valence-electron chi connectivity index (χ4n) is 3.57. The maximum atomic E-state index is 13.1. The van der Waals surface area contributed by atoms with Gasteiger partial charge in [-0.05, 0) is 30.7 Å². The van der Waals surface area contributed by atoms with Gasteiger partial charge in [0.1, 0.15) is 6.54 Å². The molecule has 0 spiro atoms. The molecule has 1 saturated heterocycles. The summed E-state index contributed by atoms with van der Waals surface area (Å²) in [7, 11) is -3.17. The van der Waals surface area contributed by atoms with Crippen LogP contribution in [0.1, 0.15) is 6.42 Å². The second-order valence-electron chi connectivity index (χ2n) is 6.85. The number of hydrogen-bond acceptors (Lipinski definition) is 5. The molecule has 0 unspecified atom stereocenters. The highest BCUT2D eigenvalue weighted by molar-refractivity contribution is 7.91. The predicted octanol–water partition coefficient (Wildman–Crippen LogP) is 1.62. The Morgan fingerprint density at radius 2 is 1.82 bits per heavy atom. The third kappa shape index (κ3) is 3.55. The molecule has 0 aliphatic carbocycles. The first-order valence-corrected chi connectivity index (χ1v) is 10.8. The minimum absolute atomic E-state index is 0.0613. The van der Waals surface area contributed by atoms with Gasteiger partial charge in [-0.25, -0.2) is 13.4 Å². The van der Waals surface area contributed by atoms with Crippen molar-refractivity contribution in [1.29, 1.82) is 0 Å². The van der Waals surface area contributed by atoms with Gasteiger partial charge in [-0.2, -0.15) is 0 Å². The number of hydrogen-bond donors (Lipinski definition) is 0. The average molecular weight is 397 g/mol. The van der Waals surface area contributed by atoms with E-state index in [2.05, 4.69) is 4.98 Å². The van der Waals surface area contributed by atoms with Gasteiger partial charge in [0, 0.05) is 5.69 Å². The molecular formula is C20H19N3O4S. The minimum atomic E-state index is -3.17. The second-order valence-corrected chi connectivity index (χ2v) is 9.08. The van der Waals surface area contributed by atoms with Crippen LogP contribution in [-0.2, 0) is 21.2 Å². The van der Waals surface area contributed by atoms with Crippen LogP contribution in [0.2, 0.25) is 0 Å². The number of aromatic nitrogens is 2. The van der Waals surface area contributed by atoms with Crippen molar-refractivity contribution in [1.82, 2.24) is 9.55 Å². The first-order valence-electron chi connectivity index (χ1n) is 8.96. The predicted molar refractivity (Wildman–Crippen MR) is 107 cm³/mol. The van der Waals surface area contributed by atoms with Gasteiger partial charge in [0.15, 0.2) is 9.84 Å². The maximum Gasteiger partial charge on any atom is 0.261 e. The summed E-state index contributed by atoms with van der Waals surface area (Å²) in [6, 6.07) is 15.5. The van der Waals surface area contributed by atoms with Crippen LogP contribution >= 0.6 is 0 Å². The maximum absolute atomic E-state index is 13.1. The third-order valence-corrected chi connectivity index (χ3v) is 6.66. The molecule has 3 aromatic rings. The first-order chi connectivity index (χ1) is 13.4. The molecule has 0 radical (unpaired) electrons. The van der Waals surface area contributed by atoms with E-state index in [1.54, 1.807) is 48.5 Å². The number of para-hydroxylation sites is 2. The smallest absolute Gasteiger partial charge is 0.261 e. The van der Waals surface area contributed by atoms with Gasteiger partial charge >= 0.3 is 0 Å². The van der Waals surface area contributed by atoms with Gasteiger partial charge in [0.2, 0.25) is 5.91 Å². The Bertz CT molecular complexity index is 1190. The highest BCUT2D eigenvalue weighted by atomic mass is 32.2. The molecule has 1 atom stereocenters. The number of anilines is 1. The Kier molecular flexibility index (Phi) is 4.72. The summed E-state index contributed by atoms with van der Waals surface area (Å²) in [5.74, 6) is -0.350. The van der Waals surface area contributed by atoms with Crippen LogP contribution < -0.4 is 10.5 Å². The van der Waals surface area contributed by atoms with Crippen molar-refractivity contribution in [2.24, 2.45) is 0 Å². The molecule has 1 amide bonds. The van der Waals surface area contributed by atoms with Crippen molar-refractivity contribution in [3.8, 4) is 0 Å². The molecule has 144 valence electrons. The fourth-order valence-corrected chi connectivity index (χ4v) is 5.27. The van der Waals surface area contributed by atoms with Gasteiger partial charge in [-0.3, -0.25) is 14.2 Å². The van der Waals surface area contributed by atoms with Crippen molar-refractivity contribution in [2.75, 3.05) is 16.4 Å². The zero-order valence-electron chi connectivity index (χ0n) is 15.1. The van der Waals surface area contributed by atoms with E-state index in [1.807, 2.05) is 6.07 Å². The van der Waals surface area contributed by atoms with Crippen LogP contribution in [0.5, 0.6) is 0 Å². The van der Waals surface area contributed by atoms with E-state index < -0.39 is 15.9 Å². The third-order valence-electron chi connectivity index (χ3n) is 4.91. The topological polar surface area (TPSA) is 89.3 Å². The zero-order valence-corrected chi connectivity index (χ0v) is 15.9. The van der Waals surface area contributed by atoms with Crippen LogP contribution in [0.25, 0.3) is 10.9 Å². The summed E-state index contributed by atoms with van der Waals surface area (Å²) in [6.07, 6.45) is 1.74. The van der Waals surface area contributed by atoms with Crippen molar-refractivity contribution in [3.05, 3.63) is 71.3 Å². The van der Waals surface area contributed by atoms with Crippen LogP contribution in [0.4, 0.5) is 5.69 Å². The van der Waals surface area contributed by atoms with Gasteiger partial charge in [0.25, 0.3) is 5.56 Å². The molecule has 0 saturated carbocycles. The molecule has 8 heteroatoms. The molecule has 1 aliphatic heterocycles. The molecule has 7 nitrogen and oxygen atoms in total. The number of nitrogens with zero attached hydrogens (tertiary/aromatic N) is 3. The van der Waals surface area contributed by atoms with Crippen molar-refractivity contribution in [2.45, 2.75) is 19.0 Å². The molecule has 2 heterocycles. The number of amides is 1. The highest BCUT2D eigenvalue weighted by Crippen LogP contribution is 2.24. The fraction of sp³-hybridized carbons (Fsp3) is 0.250. The molecule has 4 rings (SSSR count). The van der Waals surface area contributed by atoms with Gasteiger partial charge in [-0.15, -0.1) is 0 Å². The first kappa shape index (κ1) is 18.4. The molecule has 1 fully saturated rings. The number of rotatable bonds is 4. The Balaban J connectivity index is 1.69. The largest absolute Gasteiger partial charge is 0.307 e. The van der Waals surface area contributed by atoms with E-state index in [1.165, 1.54) is 15.8 Å². The molecule has 2 aromatic carbocycles. The molecule has 1 aliphatic rings. The van der Waals surface area contributed by atoms with Crippen LogP contribution in [0.3, 0.4) is 0 Å². The summed E-state index contributed by atoms with van der Waals surface area (Å²) in [4.78, 5) is 31.6. The minimum Gasteiger partial charge on any atom is -0.307 e. The van der Waals surface area contributed by atoms with Crippen molar-refractivity contribution < 1.29 is 13.2 Å². The van der Waals surface area contributed by atoms with Gasteiger partial charge < -0.3 is 4.90 Å². The lowest BCUT2D eigenvalue weighted by Crippen LogP contribution is -2.44. The summed E-state index contributed by atoms with van der Waals surface area (Å²) in [6.45, 7) is -0.206. The lowest BCUT2D eigenvalue weighted by molar-refractivity contribution is -0.119. The van der Waals surface area contributed by atoms with E-state index in [4.69, 9.17) is 0 Å². The monoisotopic (exact) mass is 397 g/mol. The number of sulfone groups is 1. The zero-order chi connectivity index (χ0) is 19.7. The average Bonchev–Trinajstić information content (AvgIpc) is 3.04. The van der Waals surface area contributed by atoms with E-state index in [9.17, 15) is 18.0 Å². The lowest BCUT2D eigenvalue weighted by atomic mass is 10.1. The van der Waals surface area contributed by atoms with Crippen LogP contribution in [0, 0.1) is 0 Å². The Hall–Kier alpha value is -3.00. The van der Waals surface area contributed by atoms with E-state index in [0.717, 1.165) is 0 Å². The molecule has 0 bridgehead atoms. The lowest BCUT2D eigenvalue weighted by Gasteiger charge is -2.28. The van der Waals surface area contributed by atoms with Gasteiger partial charge in [0.05, 0.1) is 34.8 Å². The Morgan fingerprint density at radius 1 is 1.11 bits per heavy atom. The molecule has 28 heavy (non-hydrogen) atoms. The van der Waals surface area contributed by atoms with E-state index >= 15 is 0 Å². The second kappa shape index (κ2) is 7.20. The van der Waals surface area contributed by atoms with Crippen LogP contribution in [0.15, 0.2) is 65.7 Å². The quantitative estimate of drug-likeness (QED) is 0.667. The number of fused-ring (bicyclic) bond motifs is 1. The number of carbonyl (C=O) groups is 1. The summed E-state index contributed by atoms with van der Waals surface area (Å²) < 4.78 is 25.2. The van der Waals surface area contributed by atoms with Crippen molar-refractivity contribution in [3.63, 3.8) is 0 Å². The molecular weight excluding hydrogens is 378 g/mol. The van der Waals surface area contributed by atoms with Gasteiger partial charge in [-0.1, -0.05) is 30.3 Å². The SMILES string of the molecule is O=C(Cn1cnc2ccccc2c1=O)N(c1ccccc1)[C@H]1CCS(=O)(=O)C1. The standard InChI is InChI=1S/C20H19N3O4S/c24-19(12-22-14-21-18-9-5-4-8-17(18)20(22)25)23(15-6-2-1-3-7-15)16-10-11-28(26,27)13-16/h1-9,14,16H,10-13H2/t16-/m0/s1. The highest BCUT2D eigenvalue weighted by Gasteiger charge is 2.35. The summed E-state index contributed by atoms with van der Waals surface area (Å²) in [5, 5.41) is 0.438. The van der Waals surface area contributed by atoms with Crippen molar-refractivity contribution >= 4 is 32.3 Å². The number of carbonyl (C=O) groups excluding carboxylic acids is 1. The molecule has 0 N–H and O–H groups in total. The summed E-state index contributed by atoms with van der Waals surface area (Å²) in [5.41, 5.74) is 0.889. The van der Waals surface area contributed by atoms with E-state index in [0.29, 0.717) is 23.0 Å². The number of benzene rings is 2.